The summed E-state index contributed by atoms with van der Waals surface area (Å²) in [6.45, 7) is 6.81. The van der Waals surface area contributed by atoms with Crippen LogP contribution in [0.25, 0.3) is 17.1 Å². The molecule has 0 saturated heterocycles. The van der Waals surface area contributed by atoms with Crippen molar-refractivity contribution in [3.63, 3.8) is 0 Å². The maximum Gasteiger partial charge on any atom is 0.150 e. The standard InChI is InChI=1S/C13H13FN4O/c1-4-8-5-10-12(9(6-15)11(8)14)18(17-16-10)7-13(2,3)19/h4-5,19H,1,7H2,2-3H3. The van der Waals surface area contributed by atoms with Gasteiger partial charge in [0.1, 0.15) is 22.7 Å². The number of nitrogens with zero attached hydrogens (tertiary/aromatic N) is 4. The Hall–Kier alpha value is -2.26. The minimum absolute atomic E-state index is 0.116. The van der Waals surface area contributed by atoms with Crippen molar-refractivity contribution in [3.05, 3.63) is 29.6 Å². The van der Waals surface area contributed by atoms with Gasteiger partial charge < -0.3 is 5.11 Å². The average molecular weight is 260 g/mol. The van der Waals surface area contributed by atoms with Crippen molar-refractivity contribution >= 4 is 17.1 Å². The highest BCUT2D eigenvalue weighted by atomic mass is 19.1. The first-order valence-electron chi connectivity index (χ1n) is 5.68. The number of nitriles is 1. The molecule has 2 rings (SSSR count). The second-order valence-corrected chi connectivity index (χ2v) is 4.90. The first-order valence-corrected chi connectivity index (χ1v) is 5.68. The minimum Gasteiger partial charge on any atom is -0.389 e. The molecule has 6 heteroatoms. The molecule has 1 aromatic carbocycles. The number of fused-ring (bicyclic) bond motifs is 1. The van der Waals surface area contributed by atoms with Crippen LogP contribution in [0.5, 0.6) is 0 Å². The third-order valence-corrected chi connectivity index (χ3v) is 2.63. The molecular formula is C13H13FN4O. The Kier molecular flexibility index (Phi) is 3.08. The van der Waals surface area contributed by atoms with Crippen LogP contribution in [0.4, 0.5) is 4.39 Å². The molecule has 1 heterocycles. The molecule has 1 N–H and O–H groups in total. The van der Waals surface area contributed by atoms with Gasteiger partial charge in [0.15, 0.2) is 5.82 Å². The zero-order valence-corrected chi connectivity index (χ0v) is 10.7. The lowest BCUT2D eigenvalue weighted by Crippen LogP contribution is -2.27. The zero-order valence-electron chi connectivity index (χ0n) is 10.7. The number of benzene rings is 1. The summed E-state index contributed by atoms with van der Waals surface area (Å²) in [6, 6.07) is 3.30. The van der Waals surface area contributed by atoms with Gasteiger partial charge in [-0.2, -0.15) is 5.26 Å². The van der Waals surface area contributed by atoms with Crippen molar-refractivity contribution in [1.82, 2.24) is 15.0 Å². The first kappa shape index (κ1) is 13.2. The van der Waals surface area contributed by atoms with E-state index in [4.69, 9.17) is 5.26 Å². The molecule has 0 aliphatic heterocycles. The predicted molar refractivity (Wildman–Crippen MR) is 68.6 cm³/mol. The van der Waals surface area contributed by atoms with E-state index >= 15 is 0 Å². The lowest BCUT2D eigenvalue weighted by atomic mass is 10.1. The fourth-order valence-electron chi connectivity index (χ4n) is 1.87. The molecule has 0 saturated carbocycles. The van der Waals surface area contributed by atoms with Gasteiger partial charge >= 0.3 is 0 Å². The predicted octanol–water partition coefficient (Wildman–Crippen LogP) is 1.86. The highest BCUT2D eigenvalue weighted by Crippen LogP contribution is 2.24. The summed E-state index contributed by atoms with van der Waals surface area (Å²) in [7, 11) is 0. The van der Waals surface area contributed by atoms with Gasteiger partial charge in [-0.15, -0.1) is 5.10 Å². The Morgan fingerprint density at radius 3 is 2.84 bits per heavy atom. The minimum atomic E-state index is -1.04. The van der Waals surface area contributed by atoms with E-state index in [2.05, 4.69) is 16.9 Å². The summed E-state index contributed by atoms with van der Waals surface area (Å²) >= 11 is 0. The molecule has 0 fully saturated rings. The summed E-state index contributed by atoms with van der Waals surface area (Å²) in [4.78, 5) is 0. The molecule has 0 bridgehead atoms. The normalized spacial score (nSPS) is 11.5. The van der Waals surface area contributed by atoms with Crippen LogP contribution in [0.1, 0.15) is 25.0 Å². The molecule has 98 valence electrons. The third kappa shape index (κ3) is 2.33. The summed E-state index contributed by atoms with van der Waals surface area (Å²) < 4.78 is 15.4. The fourth-order valence-corrected chi connectivity index (χ4v) is 1.87. The van der Waals surface area contributed by atoms with Gasteiger partial charge in [0.25, 0.3) is 0 Å². The lowest BCUT2D eigenvalue weighted by Gasteiger charge is -2.17. The maximum atomic E-state index is 14.1. The van der Waals surface area contributed by atoms with Crippen molar-refractivity contribution in [1.29, 1.82) is 5.26 Å². The molecule has 5 nitrogen and oxygen atoms in total. The van der Waals surface area contributed by atoms with E-state index in [1.165, 1.54) is 16.8 Å². The molecule has 1 aromatic heterocycles. The van der Waals surface area contributed by atoms with E-state index in [0.717, 1.165) is 0 Å². The third-order valence-electron chi connectivity index (χ3n) is 2.63. The maximum absolute atomic E-state index is 14.1. The topological polar surface area (TPSA) is 74.7 Å². The fraction of sp³-hybridized carbons (Fsp3) is 0.308. The number of hydrogen-bond acceptors (Lipinski definition) is 4. The smallest absolute Gasteiger partial charge is 0.150 e. The van der Waals surface area contributed by atoms with E-state index in [1.54, 1.807) is 13.8 Å². The highest BCUT2D eigenvalue weighted by Gasteiger charge is 2.21. The van der Waals surface area contributed by atoms with Crippen LogP contribution in [-0.2, 0) is 6.54 Å². The van der Waals surface area contributed by atoms with Gasteiger partial charge in [-0.1, -0.05) is 17.9 Å². The van der Waals surface area contributed by atoms with Crippen LogP contribution >= 0.6 is 0 Å². The summed E-state index contributed by atoms with van der Waals surface area (Å²) in [5, 5.41) is 26.7. The van der Waals surface area contributed by atoms with Crippen molar-refractivity contribution in [2.75, 3.05) is 0 Å². The van der Waals surface area contributed by atoms with E-state index < -0.39 is 11.4 Å². The Labute approximate surface area is 109 Å². The van der Waals surface area contributed by atoms with Gasteiger partial charge in [0.2, 0.25) is 0 Å². The molecule has 2 aromatic rings. The largest absolute Gasteiger partial charge is 0.389 e. The Morgan fingerprint density at radius 1 is 1.63 bits per heavy atom. The van der Waals surface area contributed by atoms with E-state index in [-0.39, 0.29) is 23.2 Å². The molecule has 0 aliphatic rings. The first-order chi connectivity index (χ1) is 8.87. The van der Waals surface area contributed by atoms with Gasteiger partial charge in [0, 0.05) is 5.56 Å². The molecule has 0 spiro atoms. The molecular weight excluding hydrogens is 247 g/mol. The molecule has 0 aliphatic carbocycles. The van der Waals surface area contributed by atoms with Gasteiger partial charge in [-0.3, -0.25) is 0 Å². The average Bonchev–Trinajstić information content (AvgIpc) is 2.69. The Bertz CT molecular complexity index is 691. The Balaban J connectivity index is 2.75. The van der Waals surface area contributed by atoms with Crippen LogP contribution < -0.4 is 0 Å². The van der Waals surface area contributed by atoms with Crippen molar-refractivity contribution < 1.29 is 9.50 Å². The van der Waals surface area contributed by atoms with Gasteiger partial charge in [0.05, 0.1) is 12.1 Å². The van der Waals surface area contributed by atoms with E-state index in [9.17, 15) is 9.50 Å². The quantitative estimate of drug-likeness (QED) is 0.914. The van der Waals surface area contributed by atoms with Crippen LogP contribution in [0.3, 0.4) is 0 Å². The van der Waals surface area contributed by atoms with Crippen LogP contribution in [-0.4, -0.2) is 25.7 Å². The molecule has 0 radical (unpaired) electrons. The molecule has 0 atom stereocenters. The number of hydrogen-bond donors (Lipinski definition) is 1. The highest BCUT2D eigenvalue weighted by molar-refractivity contribution is 5.84. The van der Waals surface area contributed by atoms with Crippen molar-refractivity contribution in [2.45, 2.75) is 26.0 Å². The SMILES string of the molecule is C=Cc1cc2nnn(CC(C)(C)O)c2c(C#N)c1F. The van der Waals surface area contributed by atoms with E-state index in [0.29, 0.717) is 5.52 Å². The summed E-state index contributed by atoms with van der Waals surface area (Å²) in [5.74, 6) is -0.649. The van der Waals surface area contributed by atoms with Crippen LogP contribution in [0.2, 0.25) is 0 Å². The molecule has 19 heavy (non-hydrogen) atoms. The summed E-state index contributed by atoms with van der Waals surface area (Å²) in [5.41, 5.74) is -0.285. The van der Waals surface area contributed by atoms with Crippen molar-refractivity contribution in [2.24, 2.45) is 0 Å². The monoisotopic (exact) mass is 260 g/mol. The lowest BCUT2D eigenvalue weighted by molar-refractivity contribution is 0.0585. The number of halogens is 1. The zero-order chi connectivity index (χ0) is 14.2. The number of aliphatic hydroxyl groups is 1. The van der Waals surface area contributed by atoms with Crippen LogP contribution in [0.15, 0.2) is 12.6 Å². The van der Waals surface area contributed by atoms with Gasteiger partial charge in [-0.05, 0) is 19.9 Å². The van der Waals surface area contributed by atoms with Gasteiger partial charge in [-0.25, -0.2) is 9.07 Å². The molecule has 0 amide bonds. The van der Waals surface area contributed by atoms with Crippen molar-refractivity contribution in [3.8, 4) is 6.07 Å². The number of aromatic nitrogens is 3. The second-order valence-electron chi connectivity index (χ2n) is 4.90. The summed E-state index contributed by atoms with van der Waals surface area (Å²) in [6.07, 6.45) is 1.32. The number of rotatable bonds is 3. The second kappa shape index (κ2) is 4.44. The van der Waals surface area contributed by atoms with Crippen LogP contribution in [0, 0.1) is 17.1 Å². The van der Waals surface area contributed by atoms with E-state index in [1.807, 2.05) is 6.07 Å². The Morgan fingerprint density at radius 2 is 2.32 bits per heavy atom. The molecule has 0 unspecified atom stereocenters.